The molecule has 0 saturated heterocycles. The smallest absolute Gasteiger partial charge is 0.744 e. The fourth-order valence-electron chi connectivity index (χ4n) is 2.68. The van der Waals surface area contributed by atoms with Gasteiger partial charge in [-0.25, -0.2) is 8.42 Å². The second kappa shape index (κ2) is 11.8. The van der Waals surface area contributed by atoms with Gasteiger partial charge in [-0.2, -0.15) is 0 Å². The Morgan fingerprint density at radius 3 is 2.19 bits per heavy atom. The van der Waals surface area contributed by atoms with Crippen LogP contribution in [0.3, 0.4) is 0 Å². The molecule has 0 aromatic heterocycles. The normalized spacial score (nSPS) is 11.0. The molecule has 0 heterocycles. The van der Waals surface area contributed by atoms with Crippen LogP contribution < -0.4 is 34.3 Å². The topological polar surface area (TPSA) is 66.4 Å². The Kier molecular flexibility index (Phi) is 10.5. The molecule has 2 aromatic carbocycles. The van der Waals surface area contributed by atoms with Crippen molar-refractivity contribution in [2.75, 3.05) is 0 Å². The van der Waals surface area contributed by atoms with E-state index in [1.807, 2.05) is 18.2 Å². The molecule has 0 spiro atoms. The van der Waals surface area contributed by atoms with E-state index in [0.717, 1.165) is 6.42 Å². The molecule has 0 atom stereocenters. The van der Waals surface area contributed by atoms with E-state index in [0.29, 0.717) is 11.5 Å². The van der Waals surface area contributed by atoms with Gasteiger partial charge in [-0.3, -0.25) is 0 Å². The van der Waals surface area contributed by atoms with E-state index < -0.39 is 10.1 Å². The summed E-state index contributed by atoms with van der Waals surface area (Å²) in [5.74, 6) is 1.21. The number of benzene rings is 2. The molecule has 0 N–H and O–H groups in total. The molecule has 0 fully saturated rings. The standard InChI is InChI=1S/C20H26O4S.Na/c1-2-3-4-5-6-7-9-17-10-8-11-19(16-17)24-18-12-14-20(15-13-18)25(21,22)23;/h8,10-16H,2-7,9H2,1H3,(H,21,22,23);/q;+1/p-1. The largest absolute Gasteiger partial charge is 1.00 e. The molecule has 4 nitrogen and oxygen atoms in total. The van der Waals surface area contributed by atoms with Crippen molar-refractivity contribution in [3.63, 3.8) is 0 Å². The summed E-state index contributed by atoms with van der Waals surface area (Å²) in [6.07, 6.45) is 8.63. The summed E-state index contributed by atoms with van der Waals surface area (Å²) in [6, 6.07) is 13.4. The molecule has 6 heteroatoms. The first kappa shape index (κ1) is 23.2. The van der Waals surface area contributed by atoms with Crippen molar-refractivity contribution in [2.24, 2.45) is 0 Å². The summed E-state index contributed by atoms with van der Waals surface area (Å²) in [4.78, 5) is -0.253. The maximum atomic E-state index is 10.9. The molecule has 136 valence electrons. The van der Waals surface area contributed by atoms with Gasteiger partial charge in [-0.1, -0.05) is 51.2 Å². The zero-order chi connectivity index (χ0) is 18.1. The molecule has 0 aliphatic heterocycles. The number of hydrogen-bond acceptors (Lipinski definition) is 4. The fourth-order valence-corrected chi connectivity index (χ4v) is 3.15. The van der Waals surface area contributed by atoms with Crippen LogP contribution in [0.4, 0.5) is 0 Å². The minimum absolute atomic E-state index is 0. The molecule has 2 aromatic rings. The van der Waals surface area contributed by atoms with Crippen molar-refractivity contribution in [3.05, 3.63) is 54.1 Å². The van der Waals surface area contributed by atoms with Crippen molar-refractivity contribution >= 4 is 10.1 Å². The Morgan fingerprint density at radius 2 is 1.54 bits per heavy atom. The van der Waals surface area contributed by atoms with E-state index in [9.17, 15) is 13.0 Å². The van der Waals surface area contributed by atoms with Gasteiger partial charge in [0.15, 0.2) is 0 Å². The van der Waals surface area contributed by atoms with Crippen LogP contribution in [-0.2, 0) is 16.5 Å². The van der Waals surface area contributed by atoms with Crippen molar-refractivity contribution in [1.82, 2.24) is 0 Å². The Labute approximate surface area is 179 Å². The van der Waals surface area contributed by atoms with Crippen LogP contribution in [0.5, 0.6) is 11.5 Å². The Balaban J connectivity index is 0.00000338. The Bertz CT molecular complexity index is 758. The average Bonchev–Trinajstić information content (AvgIpc) is 2.58. The van der Waals surface area contributed by atoms with Crippen LogP contribution in [0.25, 0.3) is 0 Å². The summed E-state index contributed by atoms with van der Waals surface area (Å²) in [5, 5.41) is 0. The second-order valence-electron chi connectivity index (χ2n) is 6.19. The van der Waals surface area contributed by atoms with Crippen LogP contribution in [-0.4, -0.2) is 13.0 Å². The fraction of sp³-hybridized carbons (Fsp3) is 0.400. The molecule has 0 bridgehead atoms. The van der Waals surface area contributed by atoms with Gasteiger partial charge in [0, 0.05) is 0 Å². The summed E-state index contributed by atoms with van der Waals surface area (Å²) in [6.45, 7) is 2.22. The summed E-state index contributed by atoms with van der Waals surface area (Å²) in [5.41, 5.74) is 1.23. The van der Waals surface area contributed by atoms with Crippen LogP contribution >= 0.6 is 0 Å². The van der Waals surface area contributed by atoms with Crippen molar-refractivity contribution < 1.29 is 47.3 Å². The van der Waals surface area contributed by atoms with Gasteiger partial charge < -0.3 is 9.29 Å². The minimum atomic E-state index is -4.42. The first-order valence-corrected chi connectivity index (χ1v) is 10.2. The SMILES string of the molecule is CCCCCCCCc1cccc(Oc2ccc(S(=O)(=O)[O-])cc2)c1.[Na+]. The van der Waals surface area contributed by atoms with E-state index in [4.69, 9.17) is 4.74 Å². The van der Waals surface area contributed by atoms with Gasteiger partial charge in [0.05, 0.1) is 4.90 Å². The molecule has 26 heavy (non-hydrogen) atoms. The van der Waals surface area contributed by atoms with Gasteiger partial charge in [-0.15, -0.1) is 0 Å². The number of aryl methyl sites for hydroxylation is 1. The van der Waals surface area contributed by atoms with Gasteiger partial charge in [-0.05, 0) is 54.8 Å². The first-order valence-electron chi connectivity index (χ1n) is 8.82. The minimum Gasteiger partial charge on any atom is -0.744 e. The number of rotatable bonds is 10. The quantitative estimate of drug-likeness (QED) is 0.358. The number of ether oxygens (including phenoxy) is 1. The monoisotopic (exact) mass is 384 g/mol. The van der Waals surface area contributed by atoms with Crippen LogP contribution in [0.15, 0.2) is 53.4 Å². The number of hydrogen-bond donors (Lipinski definition) is 0. The Hall–Kier alpha value is -0.850. The molecule has 2 rings (SSSR count). The van der Waals surface area contributed by atoms with Crippen molar-refractivity contribution in [1.29, 1.82) is 0 Å². The summed E-state index contributed by atoms with van der Waals surface area (Å²) >= 11 is 0. The molecule has 0 aliphatic carbocycles. The van der Waals surface area contributed by atoms with Gasteiger partial charge in [0.1, 0.15) is 21.6 Å². The zero-order valence-corrected chi connectivity index (χ0v) is 18.4. The molecular weight excluding hydrogens is 359 g/mol. The maximum absolute atomic E-state index is 10.9. The molecule has 0 amide bonds. The van der Waals surface area contributed by atoms with E-state index in [1.54, 1.807) is 0 Å². The maximum Gasteiger partial charge on any atom is 1.00 e. The summed E-state index contributed by atoms with van der Waals surface area (Å²) in [7, 11) is -4.42. The Morgan fingerprint density at radius 1 is 0.885 bits per heavy atom. The number of unbranched alkanes of at least 4 members (excludes halogenated alkanes) is 5. The van der Waals surface area contributed by atoms with Crippen LogP contribution in [0.1, 0.15) is 51.0 Å². The molecule has 0 saturated carbocycles. The molecule has 0 radical (unpaired) electrons. The first-order chi connectivity index (χ1) is 12.0. The second-order valence-corrected chi connectivity index (χ2v) is 7.57. The van der Waals surface area contributed by atoms with Crippen LogP contribution in [0.2, 0.25) is 0 Å². The third-order valence-corrected chi connectivity index (χ3v) is 4.92. The van der Waals surface area contributed by atoms with Crippen molar-refractivity contribution in [2.45, 2.75) is 56.8 Å². The average molecular weight is 384 g/mol. The summed E-state index contributed by atoms with van der Waals surface area (Å²) < 4.78 is 38.6. The zero-order valence-electron chi connectivity index (χ0n) is 15.6. The third kappa shape index (κ3) is 8.23. The molecule has 0 unspecified atom stereocenters. The van der Waals surface area contributed by atoms with E-state index in [2.05, 4.69) is 13.0 Å². The molecular formula is C20H25NaO4S. The van der Waals surface area contributed by atoms with E-state index >= 15 is 0 Å². The van der Waals surface area contributed by atoms with Gasteiger partial charge in [0.25, 0.3) is 0 Å². The van der Waals surface area contributed by atoms with Crippen LogP contribution in [0, 0.1) is 0 Å². The van der Waals surface area contributed by atoms with Gasteiger partial charge in [0.2, 0.25) is 0 Å². The van der Waals surface area contributed by atoms with Gasteiger partial charge >= 0.3 is 29.6 Å². The predicted octanol–water partition coefficient (Wildman–Crippen LogP) is 2.29. The predicted molar refractivity (Wildman–Crippen MR) is 98.0 cm³/mol. The van der Waals surface area contributed by atoms with Crippen molar-refractivity contribution in [3.8, 4) is 11.5 Å². The molecule has 0 aliphatic rings. The third-order valence-electron chi connectivity index (χ3n) is 4.07. The van der Waals surface area contributed by atoms with E-state index in [1.165, 1.54) is 68.4 Å². The van der Waals surface area contributed by atoms with E-state index in [-0.39, 0.29) is 34.5 Å².